The van der Waals surface area contributed by atoms with Crippen molar-refractivity contribution in [2.45, 2.75) is 72.0 Å². The Labute approximate surface area is 152 Å². The summed E-state index contributed by atoms with van der Waals surface area (Å²) in [5, 5.41) is 14.9. The van der Waals surface area contributed by atoms with Gasteiger partial charge >= 0.3 is 0 Å². The molecule has 7 heteroatoms. The molecule has 0 radical (unpaired) electrons. The molecule has 1 aromatic rings. The maximum atomic E-state index is 4.80. The van der Waals surface area contributed by atoms with Crippen molar-refractivity contribution >= 4 is 5.96 Å². The molecule has 7 nitrogen and oxygen atoms in total. The van der Waals surface area contributed by atoms with Crippen LogP contribution in [-0.4, -0.2) is 63.9 Å². The number of aryl methyl sites for hydroxylation is 1. The van der Waals surface area contributed by atoms with Gasteiger partial charge in [-0.05, 0) is 40.2 Å². The van der Waals surface area contributed by atoms with Crippen LogP contribution in [-0.2, 0) is 13.0 Å². The summed E-state index contributed by atoms with van der Waals surface area (Å²) in [5.41, 5.74) is 0. The van der Waals surface area contributed by atoms with Gasteiger partial charge in [0.1, 0.15) is 12.2 Å². The fourth-order valence-corrected chi connectivity index (χ4v) is 3.48. The molecule has 2 N–H and O–H groups in total. The van der Waals surface area contributed by atoms with Crippen LogP contribution in [0.4, 0.5) is 0 Å². The quantitative estimate of drug-likeness (QED) is 0.552. The van der Waals surface area contributed by atoms with Crippen molar-refractivity contribution in [1.29, 1.82) is 0 Å². The molecule has 0 aliphatic carbocycles. The fourth-order valence-electron chi connectivity index (χ4n) is 3.48. The molecule has 1 fully saturated rings. The number of hydrogen-bond acceptors (Lipinski definition) is 4. The molecule has 2 unspecified atom stereocenters. The van der Waals surface area contributed by atoms with Crippen molar-refractivity contribution in [3.63, 3.8) is 0 Å². The zero-order valence-corrected chi connectivity index (χ0v) is 16.3. The standard InChI is InChI=1S/C18H35N7/c1-5-17-23-22-14-24(17)12-10-20-18(19-6-2)21-13-16(4)25-11-8-7-9-15(25)3/h14-16H,5-13H2,1-4H3,(H2,19,20,21). The first kappa shape index (κ1) is 19.7. The lowest BCUT2D eigenvalue weighted by atomic mass is 10.0. The molecular weight excluding hydrogens is 314 g/mol. The summed E-state index contributed by atoms with van der Waals surface area (Å²) in [6.45, 7) is 13.4. The normalized spacial score (nSPS) is 20.5. The van der Waals surface area contributed by atoms with E-state index in [9.17, 15) is 0 Å². The van der Waals surface area contributed by atoms with Crippen molar-refractivity contribution in [2.24, 2.45) is 4.99 Å². The van der Waals surface area contributed by atoms with Gasteiger partial charge in [0.2, 0.25) is 0 Å². The molecular formula is C18H35N7. The molecule has 1 aliphatic rings. The van der Waals surface area contributed by atoms with E-state index in [0.717, 1.165) is 44.4 Å². The molecule has 1 aliphatic heterocycles. The first-order valence-electron chi connectivity index (χ1n) is 9.80. The predicted molar refractivity (Wildman–Crippen MR) is 103 cm³/mol. The zero-order valence-electron chi connectivity index (χ0n) is 16.3. The second-order valence-corrected chi connectivity index (χ2v) is 6.87. The molecule has 142 valence electrons. The first-order valence-corrected chi connectivity index (χ1v) is 9.80. The molecule has 1 saturated heterocycles. The van der Waals surface area contributed by atoms with Crippen LogP contribution in [0.25, 0.3) is 0 Å². The Bertz CT molecular complexity index is 525. The van der Waals surface area contributed by atoms with E-state index in [1.807, 2.05) is 0 Å². The van der Waals surface area contributed by atoms with Gasteiger partial charge in [-0.1, -0.05) is 13.3 Å². The smallest absolute Gasteiger partial charge is 0.191 e. The minimum Gasteiger partial charge on any atom is -0.357 e. The molecule has 25 heavy (non-hydrogen) atoms. The number of nitrogens with zero attached hydrogens (tertiary/aromatic N) is 5. The second-order valence-electron chi connectivity index (χ2n) is 6.87. The average molecular weight is 350 g/mol. The van der Waals surface area contributed by atoms with Gasteiger partial charge in [-0.3, -0.25) is 9.89 Å². The van der Waals surface area contributed by atoms with Gasteiger partial charge in [0.15, 0.2) is 5.96 Å². The summed E-state index contributed by atoms with van der Waals surface area (Å²) in [6.07, 6.45) is 6.69. The van der Waals surface area contributed by atoms with Crippen molar-refractivity contribution < 1.29 is 0 Å². The molecule has 2 rings (SSSR count). The number of aliphatic imine (C=N–C) groups is 1. The largest absolute Gasteiger partial charge is 0.357 e. The summed E-state index contributed by atoms with van der Waals surface area (Å²) in [4.78, 5) is 7.40. The SMILES string of the molecule is CCNC(=NCC(C)N1CCCCC1C)NCCn1cnnc1CC. The lowest BCUT2D eigenvalue weighted by Crippen LogP contribution is -2.46. The highest BCUT2D eigenvalue weighted by Gasteiger charge is 2.22. The van der Waals surface area contributed by atoms with Crippen molar-refractivity contribution in [1.82, 2.24) is 30.3 Å². The zero-order chi connectivity index (χ0) is 18.1. The van der Waals surface area contributed by atoms with Gasteiger partial charge in [-0.25, -0.2) is 0 Å². The average Bonchev–Trinajstić information content (AvgIpc) is 3.07. The van der Waals surface area contributed by atoms with Crippen molar-refractivity contribution in [3.8, 4) is 0 Å². The molecule has 0 saturated carbocycles. The summed E-state index contributed by atoms with van der Waals surface area (Å²) >= 11 is 0. The number of hydrogen-bond donors (Lipinski definition) is 2. The Morgan fingerprint density at radius 2 is 2.20 bits per heavy atom. The second kappa shape index (κ2) is 10.4. The molecule has 1 aromatic heterocycles. The van der Waals surface area contributed by atoms with E-state index in [1.54, 1.807) is 6.33 Å². The molecule has 0 amide bonds. The number of rotatable bonds is 8. The van der Waals surface area contributed by atoms with Crippen LogP contribution < -0.4 is 10.6 Å². The van der Waals surface area contributed by atoms with Gasteiger partial charge in [0.05, 0.1) is 6.54 Å². The molecule has 0 bridgehead atoms. The molecule has 0 spiro atoms. The highest BCUT2D eigenvalue weighted by molar-refractivity contribution is 5.79. The maximum Gasteiger partial charge on any atom is 0.191 e. The Hall–Kier alpha value is -1.63. The van der Waals surface area contributed by atoms with E-state index in [0.29, 0.717) is 12.1 Å². The summed E-state index contributed by atoms with van der Waals surface area (Å²) in [5.74, 6) is 1.92. The van der Waals surface area contributed by atoms with Crippen molar-refractivity contribution in [3.05, 3.63) is 12.2 Å². The number of guanidine groups is 1. The number of likely N-dealkylation sites (tertiary alicyclic amines) is 1. The van der Waals surface area contributed by atoms with Gasteiger partial charge in [-0.2, -0.15) is 0 Å². The van der Waals surface area contributed by atoms with Crippen molar-refractivity contribution in [2.75, 3.05) is 26.2 Å². The summed E-state index contributed by atoms with van der Waals surface area (Å²) in [6, 6.07) is 1.16. The van der Waals surface area contributed by atoms with E-state index in [2.05, 4.69) is 58.0 Å². The van der Waals surface area contributed by atoms with Gasteiger partial charge in [0.25, 0.3) is 0 Å². The Morgan fingerprint density at radius 1 is 1.36 bits per heavy atom. The van der Waals surface area contributed by atoms with E-state index < -0.39 is 0 Å². The summed E-state index contributed by atoms with van der Waals surface area (Å²) < 4.78 is 2.09. The van der Waals surface area contributed by atoms with E-state index in [4.69, 9.17) is 4.99 Å². The van der Waals surface area contributed by atoms with Crippen LogP contribution in [0.5, 0.6) is 0 Å². The van der Waals surface area contributed by atoms with Crippen LogP contribution in [0, 0.1) is 0 Å². The lowest BCUT2D eigenvalue weighted by molar-refractivity contribution is 0.118. The predicted octanol–water partition coefficient (Wildman–Crippen LogP) is 1.66. The van der Waals surface area contributed by atoms with Crippen LogP contribution in [0.15, 0.2) is 11.3 Å². The van der Waals surface area contributed by atoms with Gasteiger partial charge in [0, 0.05) is 38.1 Å². The third-order valence-electron chi connectivity index (χ3n) is 4.94. The van der Waals surface area contributed by atoms with Crippen LogP contribution in [0.1, 0.15) is 52.8 Å². The molecule has 2 atom stereocenters. The third-order valence-corrected chi connectivity index (χ3v) is 4.94. The van der Waals surface area contributed by atoms with E-state index in [1.165, 1.54) is 25.8 Å². The molecule has 0 aromatic carbocycles. The minimum atomic E-state index is 0.482. The Kier molecular flexibility index (Phi) is 8.18. The number of aromatic nitrogens is 3. The Balaban J connectivity index is 1.82. The lowest BCUT2D eigenvalue weighted by Gasteiger charge is -2.37. The van der Waals surface area contributed by atoms with Gasteiger partial charge in [-0.15, -0.1) is 10.2 Å². The minimum absolute atomic E-state index is 0.482. The highest BCUT2D eigenvalue weighted by atomic mass is 15.3. The monoisotopic (exact) mass is 349 g/mol. The number of nitrogens with one attached hydrogen (secondary N) is 2. The van der Waals surface area contributed by atoms with Crippen LogP contribution in [0.2, 0.25) is 0 Å². The van der Waals surface area contributed by atoms with E-state index >= 15 is 0 Å². The topological polar surface area (TPSA) is 70.4 Å². The first-order chi connectivity index (χ1) is 12.2. The fraction of sp³-hybridized carbons (Fsp3) is 0.833. The van der Waals surface area contributed by atoms with Gasteiger partial charge < -0.3 is 15.2 Å². The van der Waals surface area contributed by atoms with E-state index in [-0.39, 0.29) is 0 Å². The number of piperidine rings is 1. The third kappa shape index (κ3) is 5.99. The highest BCUT2D eigenvalue weighted by Crippen LogP contribution is 2.19. The molecule has 2 heterocycles. The van der Waals surface area contributed by atoms with Crippen LogP contribution >= 0.6 is 0 Å². The van der Waals surface area contributed by atoms with Crippen LogP contribution in [0.3, 0.4) is 0 Å². The Morgan fingerprint density at radius 3 is 2.92 bits per heavy atom. The summed E-state index contributed by atoms with van der Waals surface area (Å²) in [7, 11) is 0. The maximum absolute atomic E-state index is 4.80.